The molecule has 0 radical (unpaired) electrons. The molecule has 0 bridgehead atoms. The van der Waals surface area contributed by atoms with Crippen LogP contribution in [0.4, 0.5) is 5.69 Å². The zero-order valence-corrected chi connectivity index (χ0v) is 10.1. The zero-order chi connectivity index (χ0) is 10.6. The van der Waals surface area contributed by atoms with Crippen LogP contribution >= 0.6 is 22.6 Å². The van der Waals surface area contributed by atoms with Crippen LogP contribution in [0.15, 0.2) is 18.2 Å². The monoisotopic (exact) mass is 305 g/mol. The fourth-order valence-electron chi connectivity index (χ4n) is 0.978. The molecule has 0 saturated carbocycles. The minimum Gasteiger partial charge on any atom is -0.462 e. The van der Waals surface area contributed by atoms with Crippen LogP contribution in [0, 0.1) is 3.57 Å². The van der Waals surface area contributed by atoms with Crippen molar-refractivity contribution >= 4 is 34.2 Å². The molecule has 76 valence electrons. The van der Waals surface area contributed by atoms with Gasteiger partial charge in [-0.15, -0.1) is 0 Å². The van der Waals surface area contributed by atoms with Crippen LogP contribution in [0.1, 0.15) is 23.7 Å². The highest BCUT2D eigenvalue weighted by Crippen LogP contribution is 2.16. The number of anilines is 1. The Balaban J connectivity index is 2.83. The lowest BCUT2D eigenvalue weighted by Crippen LogP contribution is -2.09. The number of carbonyl (C=O) groups is 1. The van der Waals surface area contributed by atoms with Gasteiger partial charge in [0.05, 0.1) is 12.2 Å². The standard InChI is InChI=1S/C10H12INO2/c1-2-5-14-10(13)8-6-7(11)3-4-9(8)12/h3-4,6H,2,5,12H2,1H3. The van der Waals surface area contributed by atoms with Crippen molar-refractivity contribution in [1.82, 2.24) is 0 Å². The molecule has 0 aliphatic carbocycles. The minimum atomic E-state index is -0.345. The van der Waals surface area contributed by atoms with Gasteiger partial charge in [-0.25, -0.2) is 4.79 Å². The summed E-state index contributed by atoms with van der Waals surface area (Å²) in [6.07, 6.45) is 0.815. The molecule has 0 saturated heterocycles. The molecule has 0 heterocycles. The van der Waals surface area contributed by atoms with Crippen LogP contribution in [-0.4, -0.2) is 12.6 Å². The summed E-state index contributed by atoms with van der Waals surface area (Å²) in [5, 5.41) is 0. The Morgan fingerprint density at radius 1 is 1.57 bits per heavy atom. The van der Waals surface area contributed by atoms with E-state index in [1.165, 1.54) is 0 Å². The molecule has 1 aromatic carbocycles. The van der Waals surface area contributed by atoms with Crippen molar-refractivity contribution in [1.29, 1.82) is 0 Å². The Kier molecular flexibility index (Phi) is 4.19. The predicted molar refractivity (Wildman–Crippen MR) is 64.1 cm³/mol. The molecule has 0 aliphatic rings. The van der Waals surface area contributed by atoms with Gasteiger partial charge in [0.1, 0.15) is 0 Å². The maximum atomic E-state index is 11.5. The van der Waals surface area contributed by atoms with Gasteiger partial charge in [0, 0.05) is 9.26 Å². The van der Waals surface area contributed by atoms with Crippen LogP contribution in [0.3, 0.4) is 0 Å². The van der Waals surface area contributed by atoms with E-state index in [0.29, 0.717) is 17.9 Å². The Bertz CT molecular complexity index is 339. The minimum absolute atomic E-state index is 0.345. The van der Waals surface area contributed by atoms with Crippen LogP contribution < -0.4 is 5.73 Å². The number of nitrogens with two attached hydrogens (primary N) is 1. The number of carbonyl (C=O) groups excluding carboxylic acids is 1. The Labute approximate surface area is 96.8 Å². The number of halogens is 1. The van der Waals surface area contributed by atoms with E-state index in [-0.39, 0.29) is 5.97 Å². The van der Waals surface area contributed by atoms with Gasteiger partial charge in [0.25, 0.3) is 0 Å². The second-order valence-electron chi connectivity index (χ2n) is 2.87. The second-order valence-corrected chi connectivity index (χ2v) is 4.11. The summed E-state index contributed by atoms with van der Waals surface area (Å²) in [4.78, 5) is 11.5. The van der Waals surface area contributed by atoms with Gasteiger partial charge in [-0.05, 0) is 47.2 Å². The molecule has 0 aromatic heterocycles. The van der Waals surface area contributed by atoms with Crippen molar-refractivity contribution in [3.63, 3.8) is 0 Å². The fourth-order valence-corrected chi connectivity index (χ4v) is 1.47. The third-order valence-corrected chi connectivity index (χ3v) is 2.34. The highest BCUT2D eigenvalue weighted by atomic mass is 127. The zero-order valence-electron chi connectivity index (χ0n) is 7.92. The van der Waals surface area contributed by atoms with Crippen molar-refractivity contribution in [3.05, 3.63) is 27.3 Å². The molecule has 0 unspecified atom stereocenters. The van der Waals surface area contributed by atoms with E-state index in [9.17, 15) is 4.79 Å². The van der Waals surface area contributed by atoms with Crippen molar-refractivity contribution in [2.75, 3.05) is 12.3 Å². The third kappa shape index (κ3) is 2.87. The first-order valence-corrected chi connectivity index (χ1v) is 5.45. The maximum absolute atomic E-state index is 11.5. The topological polar surface area (TPSA) is 52.3 Å². The molecule has 1 rings (SSSR count). The first-order chi connectivity index (χ1) is 6.65. The maximum Gasteiger partial charge on any atom is 0.340 e. The summed E-state index contributed by atoms with van der Waals surface area (Å²) in [5.74, 6) is -0.345. The largest absolute Gasteiger partial charge is 0.462 e. The molecule has 0 aliphatic heterocycles. The van der Waals surface area contributed by atoms with Gasteiger partial charge in [-0.2, -0.15) is 0 Å². The van der Waals surface area contributed by atoms with Crippen molar-refractivity contribution in [3.8, 4) is 0 Å². The van der Waals surface area contributed by atoms with Crippen molar-refractivity contribution in [2.45, 2.75) is 13.3 Å². The van der Waals surface area contributed by atoms with Gasteiger partial charge >= 0.3 is 5.97 Å². The van der Waals surface area contributed by atoms with Crippen LogP contribution in [0.2, 0.25) is 0 Å². The molecule has 14 heavy (non-hydrogen) atoms. The molecule has 2 N–H and O–H groups in total. The predicted octanol–water partition coefficient (Wildman–Crippen LogP) is 2.44. The normalized spacial score (nSPS) is 9.86. The Hall–Kier alpha value is -0.780. The van der Waals surface area contributed by atoms with Gasteiger partial charge in [0.15, 0.2) is 0 Å². The molecular formula is C10H12INO2. The molecule has 3 nitrogen and oxygen atoms in total. The Morgan fingerprint density at radius 3 is 2.93 bits per heavy atom. The SMILES string of the molecule is CCCOC(=O)c1cc(I)ccc1N. The van der Waals surface area contributed by atoms with Gasteiger partial charge < -0.3 is 10.5 Å². The van der Waals surface area contributed by atoms with E-state index in [1.807, 2.05) is 13.0 Å². The van der Waals surface area contributed by atoms with Gasteiger partial charge in [-0.3, -0.25) is 0 Å². The molecule has 0 atom stereocenters. The summed E-state index contributed by atoms with van der Waals surface area (Å²) < 4.78 is 5.96. The highest BCUT2D eigenvalue weighted by molar-refractivity contribution is 14.1. The summed E-state index contributed by atoms with van der Waals surface area (Å²) in [6.45, 7) is 2.38. The van der Waals surface area contributed by atoms with Gasteiger partial charge in [0.2, 0.25) is 0 Å². The lowest BCUT2D eigenvalue weighted by Gasteiger charge is -2.05. The fraction of sp³-hybridized carbons (Fsp3) is 0.300. The molecule has 0 spiro atoms. The molecule has 4 heteroatoms. The number of benzene rings is 1. The number of nitrogen functional groups attached to an aromatic ring is 1. The van der Waals surface area contributed by atoms with E-state index in [4.69, 9.17) is 10.5 Å². The second kappa shape index (κ2) is 5.19. The number of ether oxygens (including phenoxy) is 1. The average molecular weight is 305 g/mol. The summed E-state index contributed by atoms with van der Waals surface area (Å²) >= 11 is 2.13. The lowest BCUT2D eigenvalue weighted by atomic mass is 10.2. The number of hydrogen-bond donors (Lipinski definition) is 1. The number of esters is 1. The highest BCUT2D eigenvalue weighted by Gasteiger charge is 2.10. The first kappa shape index (κ1) is 11.3. The van der Waals surface area contributed by atoms with E-state index in [1.54, 1.807) is 12.1 Å². The van der Waals surface area contributed by atoms with E-state index >= 15 is 0 Å². The smallest absolute Gasteiger partial charge is 0.340 e. The Morgan fingerprint density at radius 2 is 2.29 bits per heavy atom. The van der Waals surface area contributed by atoms with Crippen LogP contribution in [-0.2, 0) is 4.74 Å². The molecule has 0 fully saturated rings. The van der Waals surface area contributed by atoms with Crippen LogP contribution in [0.5, 0.6) is 0 Å². The summed E-state index contributed by atoms with van der Waals surface area (Å²) in [5.41, 5.74) is 6.57. The van der Waals surface area contributed by atoms with Crippen LogP contribution in [0.25, 0.3) is 0 Å². The summed E-state index contributed by atoms with van der Waals surface area (Å²) in [6, 6.07) is 5.30. The van der Waals surface area contributed by atoms with Crippen molar-refractivity contribution < 1.29 is 9.53 Å². The number of hydrogen-bond acceptors (Lipinski definition) is 3. The molecule has 0 amide bonds. The van der Waals surface area contributed by atoms with E-state index in [0.717, 1.165) is 9.99 Å². The van der Waals surface area contributed by atoms with E-state index in [2.05, 4.69) is 22.6 Å². The molecular weight excluding hydrogens is 293 g/mol. The quantitative estimate of drug-likeness (QED) is 0.530. The lowest BCUT2D eigenvalue weighted by molar-refractivity contribution is 0.0506. The summed E-state index contributed by atoms with van der Waals surface area (Å²) in [7, 11) is 0. The van der Waals surface area contributed by atoms with Gasteiger partial charge in [-0.1, -0.05) is 6.92 Å². The number of rotatable bonds is 3. The molecule has 1 aromatic rings. The first-order valence-electron chi connectivity index (χ1n) is 4.37. The average Bonchev–Trinajstić information content (AvgIpc) is 2.18. The van der Waals surface area contributed by atoms with E-state index < -0.39 is 0 Å². The third-order valence-electron chi connectivity index (χ3n) is 1.67. The van der Waals surface area contributed by atoms with Crippen molar-refractivity contribution in [2.24, 2.45) is 0 Å².